The molecule has 0 aliphatic carbocycles. The van der Waals surface area contributed by atoms with Crippen molar-refractivity contribution in [3.8, 4) is 0 Å². The lowest BCUT2D eigenvalue weighted by atomic mass is 10.3. The van der Waals surface area contributed by atoms with Crippen LogP contribution in [0.15, 0.2) is 0 Å². The Morgan fingerprint density at radius 2 is 1.83 bits per heavy atom. The monoisotopic (exact) mass is 178 g/mol. The summed E-state index contributed by atoms with van der Waals surface area (Å²) in [5.41, 5.74) is 0. The molecule has 0 aliphatic heterocycles. The molecular weight excluding hydrogens is 160 g/mol. The Morgan fingerprint density at radius 1 is 1.25 bits per heavy atom. The predicted molar refractivity (Wildman–Crippen MR) is 44.7 cm³/mol. The molecule has 0 heterocycles. The Kier molecular flexibility index (Phi) is 7.39. The molecule has 0 bridgehead atoms. The summed E-state index contributed by atoms with van der Waals surface area (Å²) in [7, 11) is 0. The summed E-state index contributed by atoms with van der Waals surface area (Å²) in [5.74, 6) is 0. The normalized spacial score (nSPS) is 16.0. The molecule has 0 rings (SSSR count). The van der Waals surface area contributed by atoms with Crippen LogP contribution in [0.1, 0.15) is 20.3 Å². The van der Waals surface area contributed by atoms with Crippen molar-refractivity contribution in [1.82, 2.24) is 0 Å². The molecular formula is C8H18O4. The van der Waals surface area contributed by atoms with Gasteiger partial charge < -0.3 is 19.7 Å². The van der Waals surface area contributed by atoms with Crippen LogP contribution in [0.2, 0.25) is 0 Å². The van der Waals surface area contributed by atoms with Gasteiger partial charge in [0, 0.05) is 0 Å². The first kappa shape index (κ1) is 11.8. The van der Waals surface area contributed by atoms with Crippen molar-refractivity contribution < 1.29 is 19.7 Å². The summed E-state index contributed by atoms with van der Waals surface area (Å²) in [6, 6.07) is 0. The van der Waals surface area contributed by atoms with Crippen LogP contribution in [0.4, 0.5) is 0 Å². The smallest absolute Gasteiger partial charge is 0.177 e. The Balaban J connectivity index is 3.10. The molecule has 74 valence electrons. The van der Waals surface area contributed by atoms with Gasteiger partial charge in [-0.2, -0.15) is 0 Å². The molecule has 4 heteroatoms. The average Bonchev–Trinajstić information content (AvgIpc) is 2.11. The number of rotatable bonds is 7. The van der Waals surface area contributed by atoms with Gasteiger partial charge in [0.2, 0.25) is 0 Å². The van der Waals surface area contributed by atoms with Crippen LogP contribution in [0.5, 0.6) is 0 Å². The molecule has 0 radical (unpaired) electrons. The van der Waals surface area contributed by atoms with Crippen molar-refractivity contribution in [2.45, 2.75) is 32.7 Å². The lowest BCUT2D eigenvalue weighted by Gasteiger charge is -2.12. The van der Waals surface area contributed by atoms with Gasteiger partial charge in [0.25, 0.3) is 0 Å². The van der Waals surface area contributed by atoms with Gasteiger partial charge in [0.15, 0.2) is 6.29 Å². The molecule has 0 fully saturated rings. The zero-order valence-corrected chi connectivity index (χ0v) is 7.69. The molecule has 0 aromatic heterocycles. The fraction of sp³-hybridized carbons (Fsp3) is 1.00. The van der Waals surface area contributed by atoms with Crippen molar-refractivity contribution in [3.05, 3.63) is 0 Å². The summed E-state index contributed by atoms with van der Waals surface area (Å²) >= 11 is 0. The first-order valence-corrected chi connectivity index (χ1v) is 4.22. The van der Waals surface area contributed by atoms with E-state index in [2.05, 4.69) is 0 Å². The topological polar surface area (TPSA) is 58.9 Å². The van der Waals surface area contributed by atoms with Crippen molar-refractivity contribution in [3.63, 3.8) is 0 Å². The Bertz CT molecular complexity index is 85.1. The summed E-state index contributed by atoms with van der Waals surface area (Å²) in [6.45, 7) is 4.40. The molecule has 0 spiro atoms. The van der Waals surface area contributed by atoms with Gasteiger partial charge in [0.1, 0.15) is 0 Å². The standard InChI is InChI=1S/C8H18O4/c1-3-7(2)11-4-5-12-8(10)6-9/h7-10H,3-6H2,1-2H3. The van der Waals surface area contributed by atoms with Crippen molar-refractivity contribution in [2.24, 2.45) is 0 Å². The minimum absolute atomic E-state index is 0.222. The van der Waals surface area contributed by atoms with Crippen LogP contribution in [0.25, 0.3) is 0 Å². The quantitative estimate of drug-likeness (QED) is 0.429. The van der Waals surface area contributed by atoms with Crippen LogP contribution in [0.3, 0.4) is 0 Å². The highest BCUT2D eigenvalue weighted by molar-refractivity contribution is 4.44. The fourth-order valence-electron chi connectivity index (χ4n) is 0.604. The molecule has 0 aromatic carbocycles. The number of hydrogen-bond acceptors (Lipinski definition) is 4. The second kappa shape index (κ2) is 7.49. The maximum Gasteiger partial charge on any atom is 0.177 e. The predicted octanol–water partition coefficient (Wildman–Crippen LogP) is 0.129. The average molecular weight is 178 g/mol. The van der Waals surface area contributed by atoms with E-state index >= 15 is 0 Å². The van der Waals surface area contributed by atoms with E-state index in [0.29, 0.717) is 13.2 Å². The van der Waals surface area contributed by atoms with E-state index in [1.165, 1.54) is 0 Å². The van der Waals surface area contributed by atoms with Gasteiger partial charge in [-0.05, 0) is 13.3 Å². The molecule has 0 amide bonds. The lowest BCUT2D eigenvalue weighted by molar-refractivity contribution is -0.137. The molecule has 0 aromatic rings. The molecule has 2 N–H and O–H groups in total. The Hall–Kier alpha value is -0.160. The molecule has 2 atom stereocenters. The Morgan fingerprint density at radius 3 is 2.33 bits per heavy atom. The Labute approximate surface area is 73.1 Å². The van der Waals surface area contributed by atoms with Gasteiger partial charge in [-0.15, -0.1) is 0 Å². The van der Waals surface area contributed by atoms with Crippen molar-refractivity contribution >= 4 is 0 Å². The first-order valence-electron chi connectivity index (χ1n) is 4.22. The van der Waals surface area contributed by atoms with Crippen LogP contribution >= 0.6 is 0 Å². The summed E-state index contributed by atoms with van der Waals surface area (Å²) < 4.78 is 10.0. The largest absolute Gasteiger partial charge is 0.391 e. The van der Waals surface area contributed by atoms with Gasteiger partial charge >= 0.3 is 0 Å². The van der Waals surface area contributed by atoms with Gasteiger partial charge in [0.05, 0.1) is 25.9 Å². The zero-order chi connectivity index (χ0) is 9.40. The van der Waals surface area contributed by atoms with E-state index in [1.54, 1.807) is 0 Å². The summed E-state index contributed by atoms with van der Waals surface area (Å²) in [5, 5.41) is 17.1. The molecule has 12 heavy (non-hydrogen) atoms. The van der Waals surface area contributed by atoms with Crippen molar-refractivity contribution in [2.75, 3.05) is 19.8 Å². The highest BCUT2D eigenvalue weighted by Crippen LogP contribution is 1.95. The van der Waals surface area contributed by atoms with Crippen molar-refractivity contribution in [1.29, 1.82) is 0 Å². The molecule has 4 nitrogen and oxygen atoms in total. The third-order valence-electron chi connectivity index (χ3n) is 1.53. The fourth-order valence-corrected chi connectivity index (χ4v) is 0.604. The van der Waals surface area contributed by atoms with E-state index in [-0.39, 0.29) is 12.7 Å². The maximum absolute atomic E-state index is 8.75. The van der Waals surface area contributed by atoms with Crippen LogP contribution in [-0.4, -0.2) is 42.4 Å². The third kappa shape index (κ3) is 6.54. The summed E-state index contributed by atoms with van der Waals surface area (Å²) in [4.78, 5) is 0. The molecule has 0 saturated heterocycles. The molecule has 0 aliphatic rings. The van der Waals surface area contributed by atoms with Crippen LogP contribution in [-0.2, 0) is 9.47 Å². The highest BCUT2D eigenvalue weighted by atomic mass is 16.6. The van der Waals surface area contributed by atoms with Crippen LogP contribution < -0.4 is 0 Å². The second-order valence-corrected chi connectivity index (χ2v) is 2.60. The maximum atomic E-state index is 8.75. The number of aliphatic hydroxyl groups is 2. The number of aliphatic hydroxyl groups excluding tert-OH is 2. The first-order chi connectivity index (χ1) is 5.70. The van der Waals surface area contributed by atoms with Crippen LogP contribution in [0, 0.1) is 0 Å². The van der Waals surface area contributed by atoms with E-state index in [9.17, 15) is 0 Å². The number of ether oxygens (including phenoxy) is 2. The number of hydrogen-bond donors (Lipinski definition) is 2. The van der Waals surface area contributed by atoms with E-state index < -0.39 is 6.29 Å². The minimum atomic E-state index is -1.08. The van der Waals surface area contributed by atoms with Gasteiger partial charge in [-0.1, -0.05) is 6.92 Å². The SMILES string of the molecule is CCC(C)OCCOC(O)CO. The third-order valence-corrected chi connectivity index (χ3v) is 1.53. The van der Waals surface area contributed by atoms with Gasteiger partial charge in [-0.25, -0.2) is 0 Å². The van der Waals surface area contributed by atoms with E-state index in [1.807, 2.05) is 13.8 Å². The second-order valence-electron chi connectivity index (χ2n) is 2.60. The van der Waals surface area contributed by atoms with E-state index in [0.717, 1.165) is 6.42 Å². The molecule has 2 unspecified atom stereocenters. The lowest BCUT2D eigenvalue weighted by Crippen LogP contribution is -2.20. The summed E-state index contributed by atoms with van der Waals surface area (Å²) in [6.07, 6.45) is 0.105. The zero-order valence-electron chi connectivity index (χ0n) is 7.69. The minimum Gasteiger partial charge on any atom is -0.391 e. The van der Waals surface area contributed by atoms with E-state index in [4.69, 9.17) is 19.7 Å². The molecule has 0 saturated carbocycles. The highest BCUT2D eigenvalue weighted by Gasteiger charge is 2.01. The van der Waals surface area contributed by atoms with Gasteiger partial charge in [-0.3, -0.25) is 0 Å².